The molecule has 1 aromatic carbocycles. The minimum atomic E-state index is -4.50. The van der Waals surface area contributed by atoms with E-state index in [1.165, 1.54) is 20.3 Å². The Hall–Kier alpha value is -1.43. The molecule has 0 fully saturated rings. The molecule has 0 aliphatic heterocycles. The summed E-state index contributed by atoms with van der Waals surface area (Å²) >= 11 is 0. The topological polar surface area (TPSA) is 27.7 Å². The standard InChI is InChI=1S/C17H25F3O3/c1-16(2,3)12(7-8-21-4)11-9-15(23-6)13(17(18,19)20)10-14(11)22-5/h9-10,12H,7-8H2,1-6H3. The van der Waals surface area contributed by atoms with Crippen molar-refractivity contribution in [3.05, 3.63) is 23.3 Å². The summed E-state index contributed by atoms with van der Waals surface area (Å²) in [4.78, 5) is 0. The summed E-state index contributed by atoms with van der Waals surface area (Å²) in [6.07, 6.45) is -3.83. The Bertz CT molecular complexity index is 519. The maximum Gasteiger partial charge on any atom is 0.420 e. The zero-order valence-electron chi connectivity index (χ0n) is 14.5. The Morgan fingerprint density at radius 2 is 1.52 bits per heavy atom. The highest BCUT2D eigenvalue weighted by Gasteiger charge is 2.37. The van der Waals surface area contributed by atoms with Crippen molar-refractivity contribution < 1.29 is 27.4 Å². The van der Waals surface area contributed by atoms with Gasteiger partial charge in [-0.2, -0.15) is 13.2 Å². The zero-order valence-corrected chi connectivity index (χ0v) is 14.5. The molecule has 0 heterocycles. The number of hydrogen-bond acceptors (Lipinski definition) is 3. The average molecular weight is 334 g/mol. The molecule has 23 heavy (non-hydrogen) atoms. The molecule has 0 aromatic heterocycles. The van der Waals surface area contributed by atoms with E-state index in [4.69, 9.17) is 14.2 Å². The highest BCUT2D eigenvalue weighted by molar-refractivity contribution is 5.49. The fourth-order valence-corrected chi connectivity index (χ4v) is 2.71. The smallest absolute Gasteiger partial charge is 0.420 e. The minimum Gasteiger partial charge on any atom is -0.496 e. The van der Waals surface area contributed by atoms with E-state index in [0.29, 0.717) is 18.6 Å². The van der Waals surface area contributed by atoms with Crippen molar-refractivity contribution in [1.82, 2.24) is 0 Å². The highest BCUT2D eigenvalue weighted by atomic mass is 19.4. The molecule has 0 radical (unpaired) electrons. The van der Waals surface area contributed by atoms with Gasteiger partial charge in [-0.25, -0.2) is 0 Å². The van der Waals surface area contributed by atoms with Crippen LogP contribution < -0.4 is 9.47 Å². The molecule has 132 valence electrons. The Balaban J connectivity index is 3.49. The van der Waals surface area contributed by atoms with Crippen molar-refractivity contribution in [2.75, 3.05) is 27.9 Å². The average Bonchev–Trinajstić information content (AvgIpc) is 2.44. The third-order valence-corrected chi connectivity index (χ3v) is 3.89. The number of benzene rings is 1. The van der Waals surface area contributed by atoms with E-state index in [2.05, 4.69) is 0 Å². The van der Waals surface area contributed by atoms with Gasteiger partial charge in [-0.15, -0.1) is 0 Å². The van der Waals surface area contributed by atoms with Gasteiger partial charge in [-0.05, 0) is 29.9 Å². The molecule has 0 aliphatic rings. The lowest BCUT2D eigenvalue weighted by atomic mass is 9.74. The Morgan fingerprint density at radius 3 is 1.91 bits per heavy atom. The number of methoxy groups -OCH3 is 3. The third kappa shape index (κ3) is 4.77. The second-order valence-corrected chi connectivity index (χ2v) is 6.49. The number of hydrogen-bond donors (Lipinski definition) is 0. The summed E-state index contributed by atoms with van der Waals surface area (Å²) in [6.45, 7) is 6.62. The predicted octanol–water partition coefficient (Wildman–Crippen LogP) is 4.89. The summed E-state index contributed by atoms with van der Waals surface area (Å²) in [5.41, 5.74) is -0.307. The first-order valence-electron chi connectivity index (χ1n) is 7.38. The predicted molar refractivity (Wildman–Crippen MR) is 83.2 cm³/mol. The molecule has 1 atom stereocenters. The molecule has 6 heteroatoms. The van der Waals surface area contributed by atoms with Crippen LogP contribution in [0, 0.1) is 5.41 Å². The lowest BCUT2D eigenvalue weighted by Gasteiger charge is -2.32. The third-order valence-electron chi connectivity index (χ3n) is 3.89. The fraction of sp³-hybridized carbons (Fsp3) is 0.647. The second-order valence-electron chi connectivity index (χ2n) is 6.49. The number of alkyl halides is 3. The molecule has 3 nitrogen and oxygen atoms in total. The van der Waals surface area contributed by atoms with E-state index in [1.807, 2.05) is 20.8 Å². The monoisotopic (exact) mass is 334 g/mol. The molecule has 0 amide bonds. The van der Waals surface area contributed by atoms with Crippen LogP contribution in [0.15, 0.2) is 12.1 Å². The van der Waals surface area contributed by atoms with Crippen molar-refractivity contribution >= 4 is 0 Å². The first kappa shape index (κ1) is 19.6. The van der Waals surface area contributed by atoms with E-state index in [0.717, 1.165) is 6.07 Å². The van der Waals surface area contributed by atoms with Gasteiger partial charge in [0.25, 0.3) is 0 Å². The van der Waals surface area contributed by atoms with Gasteiger partial charge in [0.1, 0.15) is 17.1 Å². The first-order valence-corrected chi connectivity index (χ1v) is 7.38. The van der Waals surface area contributed by atoms with E-state index in [9.17, 15) is 13.2 Å². The lowest BCUT2D eigenvalue weighted by molar-refractivity contribution is -0.138. The molecule has 0 bridgehead atoms. The highest BCUT2D eigenvalue weighted by Crippen LogP contribution is 2.47. The summed E-state index contributed by atoms with van der Waals surface area (Å²) in [5, 5.41) is 0. The number of ether oxygens (including phenoxy) is 3. The molecule has 0 spiro atoms. The first-order chi connectivity index (χ1) is 10.6. The molecule has 1 rings (SSSR count). The van der Waals surface area contributed by atoms with Gasteiger partial charge in [0, 0.05) is 19.3 Å². The van der Waals surface area contributed by atoms with Crippen molar-refractivity contribution in [3.8, 4) is 11.5 Å². The van der Waals surface area contributed by atoms with Crippen LogP contribution in [0.5, 0.6) is 11.5 Å². The summed E-state index contributed by atoms with van der Waals surface area (Å²) in [7, 11) is 4.22. The fourth-order valence-electron chi connectivity index (χ4n) is 2.71. The largest absolute Gasteiger partial charge is 0.496 e. The van der Waals surface area contributed by atoms with Crippen LogP contribution in [-0.4, -0.2) is 27.9 Å². The zero-order chi connectivity index (χ0) is 17.8. The normalized spacial score (nSPS) is 13.8. The quantitative estimate of drug-likeness (QED) is 0.741. The van der Waals surface area contributed by atoms with Gasteiger partial charge in [0.2, 0.25) is 0 Å². The number of rotatable bonds is 6. The van der Waals surface area contributed by atoms with Crippen LogP contribution in [0.1, 0.15) is 44.2 Å². The van der Waals surface area contributed by atoms with Crippen LogP contribution in [0.2, 0.25) is 0 Å². The van der Waals surface area contributed by atoms with E-state index in [1.54, 1.807) is 7.11 Å². The van der Waals surface area contributed by atoms with Gasteiger partial charge in [-0.1, -0.05) is 20.8 Å². The van der Waals surface area contributed by atoms with Crippen LogP contribution in [0.25, 0.3) is 0 Å². The van der Waals surface area contributed by atoms with Crippen LogP contribution in [-0.2, 0) is 10.9 Å². The molecule has 0 N–H and O–H groups in total. The van der Waals surface area contributed by atoms with Gasteiger partial charge in [0.15, 0.2) is 0 Å². The molecule has 0 saturated heterocycles. The van der Waals surface area contributed by atoms with Gasteiger partial charge in [-0.3, -0.25) is 0 Å². The minimum absolute atomic E-state index is 0.0337. The summed E-state index contributed by atoms with van der Waals surface area (Å²) in [5.74, 6) is -0.0114. The van der Waals surface area contributed by atoms with E-state index < -0.39 is 11.7 Å². The Morgan fingerprint density at radius 1 is 0.957 bits per heavy atom. The molecule has 1 aromatic rings. The van der Waals surface area contributed by atoms with Crippen LogP contribution in [0.3, 0.4) is 0 Å². The van der Waals surface area contributed by atoms with Crippen LogP contribution in [0.4, 0.5) is 13.2 Å². The van der Waals surface area contributed by atoms with E-state index >= 15 is 0 Å². The van der Waals surface area contributed by atoms with Gasteiger partial charge >= 0.3 is 6.18 Å². The van der Waals surface area contributed by atoms with Crippen molar-refractivity contribution in [3.63, 3.8) is 0 Å². The number of halogens is 3. The van der Waals surface area contributed by atoms with Crippen molar-refractivity contribution in [2.24, 2.45) is 5.41 Å². The summed E-state index contributed by atoms with van der Waals surface area (Å²) in [6, 6.07) is 2.45. The maximum atomic E-state index is 13.2. The Labute approximate surface area is 135 Å². The molecule has 0 aliphatic carbocycles. The molecule has 0 saturated carbocycles. The van der Waals surface area contributed by atoms with Gasteiger partial charge in [0.05, 0.1) is 14.2 Å². The van der Waals surface area contributed by atoms with E-state index in [-0.39, 0.29) is 22.8 Å². The van der Waals surface area contributed by atoms with Crippen molar-refractivity contribution in [1.29, 1.82) is 0 Å². The molecule has 1 unspecified atom stereocenters. The molecular weight excluding hydrogens is 309 g/mol. The van der Waals surface area contributed by atoms with Crippen molar-refractivity contribution in [2.45, 2.75) is 39.3 Å². The lowest BCUT2D eigenvalue weighted by Crippen LogP contribution is -2.21. The molecular formula is C17H25F3O3. The van der Waals surface area contributed by atoms with Gasteiger partial charge < -0.3 is 14.2 Å². The Kier molecular flexibility index (Phi) is 6.33. The van der Waals surface area contributed by atoms with Crippen LogP contribution >= 0.6 is 0 Å². The SMILES string of the molecule is COCCC(c1cc(OC)c(C(F)(F)F)cc1OC)C(C)(C)C. The maximum absolute atomic E-state index is 13.2. The summed E-state index contributed by atoms with van der Waals surface area (Å²) < 4.78 is 54.9. The second kappa shape index (κ2) is 7.43.